The Labute approximate surface area is 203 Å². The molecular weight excluding hydrogens is 458 g/mol. The van der Waals surface area contributed by atoms with Crippen molar-refractivity contribution in [1.29, 1.82) is 0 Å². The summed E-state index contributed by atoms with van der Waals surface area (Å²) < 4.78 is 30.4. The molecule has 2 aromatic rings. The number of likely N-dealkylation sites (N-methyl/N-ethyl adjacent to an activating group) is 1. The van der Waals surface area contributed by atoms with E-state index < -0.39 is 18.0 Å². The van der Waals surface area contributed by atoms with Crippen LogP contribution in [0.3, 0.4) is 0 Å². The van der Waals surface area contributed by atoms with Gasteiger partial charge in [-0.2, -0.15) is 8.78 Å². The van der Waals surface area contributed by atoms with Crippen molar-refractivity contribution in [3.8, 4) is 5.88 Å². The topological polar surface area (TPSA) is 95.0 Å². The number of aryl methyl sites for hydroxylation is 1. The van der Waals surface area contributed by atoms with Gasteiger partial charge in [-0.3, -0.25) is 19.4 Å². The second kappa shape index (κ2) is 11.1. The van der Waals surface area contributed by atoms with Crippen LogP contribution >= 0.6 is 0 Å². The summed E-state index contributed by atoms with van der Waals surface area (Å²) in [6.07, 6.45) is 0. The molecular formula is C25H32F2N4O4. The number of aliphatic carboxylic acids is 1. The smallest absolute Gasteiger partial charge is 0.388 e. The maximum absolute atomic E-state index is 13.7. The molecule has 35 heavy (non-hydrogen) atoms. The molecule has 1 aliphatic heterocycles. The van der Waals surface area contributed by atoms with Crippen molar-refractivity contribution in [1.82, 2.24) is 14.8 Å². The first-order valence-corrected chi connectivity index (χ1v) is 11.5. The molecule has 1 saturated heterocycles. The number of nitrogens with one attached hydrogen (secondary N) is 1. The lowest BCUT2D eigenvalue weighted by atomic mass is 9.69. The third kappa shape index (κ3) is 6.32. The zero-order valence-electron chi connectivity index (χ0n) is 20.4. The van der Waals surface area contributed by atoms with E-state index >= 15 is 0 Å². The third-order valence-corrected chi connectivity index (χ3v) is 6.17. The van der Waals surface area contributed by atoms with Gasteiger partial charge in [0.25, 0.3) is 0 Å². The lowest BCUT2D eigenvalue weighted by Crippen LogP contribution is -2.66. The number of anilines is 1. The van der Waals surface area contributed by atoms with E-state index in [9.17, 15) is 18.4 Å². The quantitative estimate of drug-likeness (QED) is 0.499. The molecule has 10 heteroatoms. The number of nitrogens with zero attached hydrogens (tertiary/aromatic N) is 3. The van der Waals surface area contributed by atoms with E-state index in [1.165, 1.54) is 6.07 Å². The number of rotatable bonds is 11. The molecule has 190 valence electrons. The van der Waals surface area contributed by atoms with Crippen LogP contribution in [0.15, 0.2) is 36.4 Å². The van der Waals surface area contributed by atoms with Gasteiger partial charge in [0.05, 0.1) is 12.0 Å². The first-order valence-electron chi connectivity index (χ1n) is 11.5. The van der Waals surface area contributed by atoms with Gasteiger partial charge in [0.1, 0.15) is 5.69 Å². The molecule has 1 fully saturated rings. The number of ether oxygens (including phenoxy) is 1. The van der Waals surface area contributed by atoms with Gasteiger partial charge in [0.15, 0.2) is 0 Å². The van der Waals surface area contributed by atoms with Crippen LogP contribution in [0.2, 0.25) is 0 Å². The van der Waals surface area contributed by atoms with Crippen molar-refractivity contribution in [2.75, 3.05) is 45.1 Å². The first-order chi connectivity index (χ1) is 16.5. The number of alkyl halides is 2. The molecule has 3 rings (SSSR count). The number of carboxylic acid groups (broad SMARTS) is 1. The first kappa shape index (κ1) is 26.5. The summed E-state index contributed by atoms with van der Waals surface area (Å²) in [5, 5.41) is 11.8. The number of aromatic nitrogens is 1. The number of carbonyl (C=O) groups excluding carboxylic acids is 1. The standard InChI is InChI=1S/C25H32F2N4O4/c1-16(2)18-7-5-6-8-19(18)25(14-31(15-25)12-11-30(4)13-21(32)33)23(34)29-20-10-9-17(3)28-22(20)35-24(26)27/h5-10,16,24H,11-15H2,1-4H3,(H,29,34)(H,32,33). The molecule has 8 nitrogen and oxygen atoms in total. The van der Waals surface area contributed by atoms with E-state index in [0.29, 0.717) is 31.9 Å². The molecule has 2 N–H and O–H groups in total. The fourth-order valence-electron chi connectivity index (χ4n) is 4.41. The van der Waals surface area contributed by atoms with Crippen molar-refractivity contribution in [2.45, 2.75) is 38.7 Å². The van der Waals surface area contributed by atoms with E-state index in [0.717, 1.165) is 11.1 Å². The van der Waals surface area contributed by atoms with Gasteiger partial charge in [0, 0.05) is 31.9 Å². The van der Waals surface area contributed by atoms with Crippen LogP contribution in [0.1, 0.15) is 36.6 Å². The van der Waals surface area contributed by atoms with E-state index in [1.807, 2.05) is 24.3 Å². The predicted octanol–water partition coefficient (Wildman–Crippen LogP) is 3.32. The van der Waals surface area contributed by atoms with Gasteiger partial charge < -0.3 is 15.2 Å². The minimum atomic E-state index is -3.07. The SMILES string of the molecule is Cc1ccc(NC(=O)C2(c3ccccc3C(C)C)CN(CCN(C)CC(=O)O)C2)c(OC(F)F)n1. The lowest BCUT2D eigenvalue weighted by Gasteiger charge is -2.50. The average molecular weight is 491 g/mol. The normalized spacial score (nSPS) is 15.3. The van der Waals surface area contributed by atoms with Crippen LogP contribution in [0.25, 0.3) is 0 Å². The van der Waals surface area contributed by atoms with Crippen LogP contribution in [0.5, 0.6) is 5.88 Å². The van der Waals surface area contributed by atoms with Crippen molar-refractivity contribution in [3.63, 3.8) is 0 Å². The summed E-state index contributed by atoms with van der Waals surface area (Å²) in [5.74, 6) is -1.38. The second-order valence-electron chi connectivity index (χ2n) is 9.30. The molecule has 1 aliphatic rings. The highest BCUT2D eigenvalue weighted by Crippen LogP contribution is 2.40. The van der Waals surface area contributed by atoms with Gasteiger partial charge in [0.2, 0.25) is 11.8 Å². The number of pyridine rings is 1. The monoisotopic (exact) mass is 490 g/mol. The molecule has 1 aromatic carbocycles. The maximum Gasteiger partial charge on any atom is 0.388 e. The number of carbonyl (C=O) groups is 2. The van der Waals surface area contributed by atoms with Crippen LogP contribution in [0.4, 0.5) is 14.5 Å². The average Bonchev–Trinajstić information content (AvgIpc) is 2.74. The Morgan fingerprint density at radius 3 is 2.54 bits per heavy atom. The van der Waals surface area contributed by atoms with Crippen molar-refractivity contribution >= 4 is 17.6 Å². The zero-order chi connectivity index (χ0) is 25.8. The number of halogens is 2. The van der Waals surface area contributed by atoms with Crippen LogP contribution in [-0.4, -0.2) is 78.1 Å². The molecule has 2 heterocycles. The van der Waals surface area contributed by atoms with Gasteiger partial charge in [-0.1, -0.05) is 38.1 Å². The Bertz CT molecular complexity index is 1060. The molecule has 0 radical (unpaired) electrons. The number of benzene rings is 1. The van der Waals surface area contributed by atoms with Gasteiger partial charge >= 0.3 is 12.6 Å². The molecule has 0 aliphatic carbocycles. The van der Waals surface area contributed by atoms with Crippen molar-refractivity contribution in [2.24, 2.45) is 0 Å². The zero-order valence-corrected chi connectivity index (χ0v) is 20.4. The Balaban J connectivity index is 1.87. The summed E-state index contributed by atoms with van der Waals surface area (Å²) in [6, 6.07) is 10.9. The summed E-state index contributed by atoms with van der Waals surface area (Å²) in [5.41, 5.74) is 1.59. The highest BCUT2D eigenvalue weighted by molar-refractivity contribution is 6.01. The Morgan fingerprint density at radius 1 is 1.23 bits per heavy atom. The lowest BCUT2D eigenvalue weighted by molar-refractivity contribution is -0.138. The molecule has 0 unspecified atom stereocenters. The molecule has 0 spiro atoms. The van der Waals surface area contributed by atoms with Gasteiger partial charge in [-0.15, -0.1) is 0 Å². The van der Waals surface area contributed by atoms with Crippen LogP contribution in [0, 0.1) is 6.92 Å². The molecule has 0 atom stereocenters. The fraction of sp³-hybridized carbons (Fsp3) is 0.480. The number of amides is 1. The Kier molecular flexibility index (Phi) is 8.39. The third-order valence-electron chi connectivity index (χ3n) is 6.17. The number of hydrogen-bond donors (Lipinski definition) is 2. The van der Waals surface area contributed by atoms with Crippen LogP contribution in [-0.2, 0) is 15.0 Å². The number of carboxylic acids is 1. The number of likely N-dealkylation sites (tertiary alicyclic amines) is 1. The maximum atomic E-state index is 13.7. The van der Waals surface area contributed by atoms with E-state index in [-0.39, 0.29) is 29.9 Å². The highest BCUT2D eigenvalue weighted by atomic mass is 19.3. The van der Waals surface area contributed by atoms with Crippen molar-refractivity contribution in [3.05, 3.63) is 53.2 Å². The predicted molar refractivity (Wildman–Crippen MR) is 128 cm³/mol. The van der Waals surface area contributed by atoms with Gasteiger partial charge in [-0.25, -0.2) is 4.98 Å². The minimum absolute atomic E-state index is 0.0665. The largest absolute Gasteiger partial charge is 0.480 e. The summed E-state index contributed by atoms with van der Waals surface area (Å²) in [7, 11) is 1.73. The Hall–Kier alpha value is -3.11. The van der Waals surface area contributed by atoms with Crippen LogP contribution < -0.4 is 10.1 Å². The molecule has 1 amide bonds. The number of hydrogen-bond acceptors (Lipinski definition) is 6. The van der Waals surface area contributed by atoms with E-state index in [2.05, 4.69) is 33.8 Å². The molecule has 0 bridgehead atoms. The second-order valence-corrected chi connectivity index (χ2v) is 9.30. The van der Waals surface area contributed by atoms with E-state index in [4.69, 9.17) is 5.11 Å². The summed E-state index contributed by atoms with van der Waals surface area (Å²) >= 11 is 0. The molecule has 1 aromatic heterocycles. The van der Waals surface area contributed by atoms with Crippen molar-refractivity contribution < 1.29 is 28.2 Å². The van der Waals surface area contributed by atoms with Gasteiger partial charge in [-0.05, 0) is 43.1 Å². The fourth-order valence-corrected chi connectivity index (χ4v) is 4.41. The summed E-state index contributed by atoms with van der Waals surface area (Å²) in [6.45, 7) is 4.57. The molecule has 0 saturated carbocycles. The highest BCUT2D eigenvalue weighted by Gasteiger charge is 2.51. The summed E-state index contributed by atoms with van der Waals surface area (Å²) in [4.78, 5) is 32.5. The van der Waals surface area contributed by atoms with E-state index in [1.54, 1.807) is 24.9 Å². The minimum Gasteiger partial charge on any atom is -0.480 e. The Morgan fingerprint density at radius 2 is 1.91 bits per heavy atom.